The van der Waals surface area contributed by atoms with E-state index in [0.717, 1.165) is 29.4 Å². The number of carbonyl (C=O) groups excluding carboxylic acids is 1. The van der Waals surface area contributed by atoms with Gasteiger partial charge in [-0.3, -0.25) is 4.79 Å². The lowest BCUT2D eigenvalue weighted by Crippen LogP contribution is -2.42. The molecule has 1 heterocycles. The molecular weight excluding hydrogens is 332 g/mol. The smallest absolute Gasteiger partial charge is 0.257 e. The van der Waals surface area contributed by atoms with Gasteiger partial charge >= 0.3 is 0 Å². The van der Waals surface area contributed by atoms with E-state index in [1.807, 2.05) is 6.92 Å². The van der Waals surface area contributed by atoms with Crippen LogP contribution in [0.25, 0.3) is 0 Å². The normalized spacial score (nSPS) is 20.4. The maximum absolute atomic E-state index is 13.7. The molecule has 0 bridgehead atoms. The quantitative estimate of drug-likeness (QED) is 0.713. The lowest BCUT2D eigenvalue weighted by molar-refractivity contribution is 0.0631. The zero-order valence-corrected chi connectivity index (χ0v) is 11.9. The predicted molar refractivity (Wildman–Crippen MR) is 73.5 cm³/mol. The molecule has 0 spiro atoms. The molecule has 4 heteroatoms. The van der Waals surface area contributed by atoms with Crippen molar-refractivity contribution in [2.75, 3.05) is 6.54 Å². The highest BCUT2D eigenvalue weighted by atomic mass is 127. The number of hydrogen-bond donors (Lipinski definition) is 0. The standard InChI is InChI=1S/C13H15FINO/c1-9-4-2-3-7-16(9)13(17)11-8-10(15)5-6-12(11)14/h5-6,8-9H,2-4,7H2,1H3. The summed E-state index contributed by atoms with van der Waals surface area (Å²) in [6.07, 6.45) is 3.18. The van der Waals surface area contributed by atoms with Crippen molar-refractivity contribution in [1.82, 2.24) is 4.90 Å². The summed E-state index contributed by atoms with van der Waals surface area (Å²) < 4.78 is 14.5. The molecule has 0 aliphatic carbocycles. The van der Waals surface area contributed by atoms with Crippen molar-refractivity contribution in [1.29, 1.82) is 0 Å². The molecular formula is C13H15FINO. The van der Waals surface area contributed by atoms with Crippen molar-refractivity contribution >= 4 is 28.5 Å². The highest BCUT2D eigenvalue weighted by Crippen LogP contribution is 2.21. The van der Waals surface area contributed by atoms with Gasteiger partial charge in [-0.2, -0.15) is 0 Å². The van der Waals surface area contributed by atoms with E-state index in [9.17, 15) is 9.18 Å². The Labute approximate surface area is 114 Å². The van der Waals surface area contributed by atoms with Gasteiger partial charge < -0.3 is 4.90 Å². The maximum atomic E-state index is 13.7. The molecule has 1 unspecified atom stereocenters. The zero-order chi connectivity index (χ0) is 12.4. The van der Waals surface area contributed by atoms with Crippen molar-refractivity contribution in [3.8, 4) is 0 Å². The SMILES string of the molecule is CC1CCCCN1C(=O)c1cc(I)ccc1F. The Hall–Kier alpha value is -0.650. The van der Waals surface area contributed by atoms with Crippen LogP contribution in [0.15, 0.2) is 18.2 Å². The Morgan fingerprint density at radius 3 is 2.94 bits per heavy atom. The van der Waals surface area contributed by atoms with E-state index < -0.39 is 5.82 Å². The van der Waals surface area contributed by atoms with Crippen LogP contribution < -0.4 is 0 Å². The molecule has 1 amide bonds. The fourth-order valence-corrected chi connectivity index (χ4v) is 2.71. The van der Waals surface area contributed by atoms with Gasteiger partial charge in [-0.15, -0.1) is 0 Å². The Morgan fingerprint density at radius 2 is 2.24 bits per heavy atom. The molecule has 2 rings (SSSR count). The van der Waals surface area contributed by atoms with Gasteiger partial charge in [0.2, 0.25) is 0 Å². The molecule has 0 aromatic heterocycles. The second kappa shape index (κ2) is 5.33. The van der Waals surface area contributed by atoms with Crippen molar-refractivity contribution < 1.29 is 9.18 Å². The van der Waals surface area contributed by atoms with Gasteiger partial charge in [0.05, 0.1) is 5.56 Å². The molecule has 1 aromatic carbocycles. The van der Waals surface area contributed by atoms with Crippen LogP contribution in [0.1, 0.15) is 36.5 Å². The van der Waals surface area contributed by atoms with Crippen molar-refractivity contribution in [2.45, 2.75) is 32.2 Å². The van der Waals surface area contributed by atoms with E-state index >= 15 is 0 Å². The summed E-state index contributed by atoms with van der Waals surface area (Å²) in [6, 6.07) is 4.88. The topological polar surface area (TPSA) is 20.3 Å². The van der Waals surface area contributed by atoms with Crippen LogP contribution in [0.3, 0.4) is 0 Å². The number of likely N-dealkylation sites (tertiary alicyclic amines) is 1. The molecule has 1 atom stereocenters. The first-order valence-electron chi connectivity index (χ1n) is 5.85. The van der Waals surface area contributed by atoms with Crippen molar-refractivity contribution in [3.63, 3.8) is 0 Å². The summed E-state index contributed by atoms with van der Waals surface area (Å²) in [7, 11) is 0. The molecule has 17 heavy (non-hydrogen) atoms. The van der Waals surface area contributed by atoms with Gasteiger partial charge in [-0.1, -0.05) is 0 Å². The fraction of sp³-hybridized carbons (Fsp3) is 0.462. The molecule has 0 saturated carbocycles. The Balaban J connectivity index is 2.26. The molecule has 0 radical (unpaired) electrons. The van der Waals surface area contributed by atoms with Crippen LogP contribution in [-0.2, 0) is 0 Å². The number of hydrogen-bond acceptors (Lipinski definition) is 1. The van der Waals surface area contributed by atoms with E-state index in [4.69, 9.17) is 0 Å². The average Bonchev–Trinajstić information content (AvgIpc) is 2.32. The Kier molecular flexibility index (Phi) is 4.01. The minimum Gasteiger partial charge on any atom is -0.336 e. The number of piperidine rings is 1. The molecule has 2 nitrogen and oxygen atoms in total. The Morgan fingerprint density at radius 1 is 1.47 bits per heavy atom. The summed E-state index contributed by atoms with van der Waals surface area (Å²) in [5.74, 6) is -0.596. The van der Waals surface area contributed by atoms with Gasteiger partial charge in [0.15, 0.2) is 0 Å². The number of rotatable bonds is 1. The molecule has 0 N–H and O–H groups in total. The maximum Gasteiger partial charge on any atom is 0.257 e. The molecule has 1 fully saturated rings. The third kappa shape index (κ3) is 2.78. The second-order valence-electron chi connectivity index (χ2n) is 4.47. The fourth-order valence-electron chi connectivity index (χ4n) is 2.22. The average molecular weight is 347 g/mol. The second-order valence-corrected chi connectivity index (χ2v) is 5.71. The molecule has 1 aliphatic rings. The van der Waals surface area contributed by atoms with E-state index in [1.165, 1.54) is 6.07 Å². The minimum atomic E-state index is -0.423. The van der Waals surface area contributed by atoms with Crippen LogP contribution in [0.2, 0.25) is 0 Å². The van der Waals surface area contributed by atoms with E-state index in [-0.39, 0.29) is 17.5 Å². The summed E-state index contributed by atoms with van der Waals surface area (Å²) >= 11 is 2.09. The third-order valence-corrected chi connectivity index (χ3v) is 3.89. The highest BCUT2D eigenvalue weighted by Gasteiger charge is 2.26. The summed E-state index contributed by atoms with van der Waals surface area (Å²) in [5.41, 5.74) is 0.200. The number of halogens is 2. The van der Waals surface area contributed by atoms with Crippen molar-refractivity contribution in [3.05, 3.63) is 33.1 Å². The van der Waals surface area contributed by atoms with E-state index in [0.29, 0.717) is 0 Å². The van der Waals surface area contributed by atoms with E-state index in [1.54, 1.807) is 17.0 Å². The van der Waals surface area contributed by atoms with Crippen LogP contribution in [0, 0.1) is 9.39 Å². The zero-order valence-electron chi connectivity index (χ0n) is 9.75. The first kappa shape index (κ1) is 12.8. The summed E-state index contributed by atoms with van der Waals surface area (Å²) in [6.45, 7) is 2.77. The molecule has 1 saturated heterocycles. The van der Waals surface area contributed by atoms with Crippen LogP contribution in [0.4, 0.5) is 4.39 Å². The predicted octanol–water partition coefficient (Wildman–Crippen LogP) is 3.44. The van der Waals surface area contributed by atoms with Crippen LogP contribution in [-0.4, -0.2) is 23.4 Å². The highest BCUT2D eigenvalue weighted by molar-refractivity contribution is 14.1. The number of benzene rings is 1. The number of nitrogens with zero attached hydrogens (tertiary/aromatic N) is 1. The largest absolute Gasteiger partial charge is 0.336 e. The molecule has 92 valence electrons. The Bertz CT molecular complexity index is 435. The number of amides is 1. The summed E-state index contributed by atoms with van der Waals surface area (Å²) in [4.78, 5) is 14.1. The molecule has 1 aliphatic heterocycles. The third-order valence-electron chi connectivity index (χ3n) is 3.22. The van der Waals surface area contributed by atoms with Gasteiger partial charge in [-0.05, 0) is 67.0 Å². The first-order chi connectivity index (χ1) is 8.09. The first-order valence-corrected chi connectivity index (χ1v) is 6.93. The van der Waals surface area contributed by atoms with Gasteiger partial charge in [-0.25, -0.2) is 4.39 Å². The van der Waals surface area contributed by atoms with Crippen LogP contribution in [0.5, 0.6) is 0 Å². The monoisotopic (exact) mass is 347 g/mol. The van der Waals surface area contributed by atoms with Crippen molar-refractivity contribution in [2.24, 2.45) is 0 Å². The molecule has 1 aromatic rings. The number of carbonyl (C=O) groups is 1. The lowest BCUT2D eigenvalue weighted by Gasteiger charge is -2.33. The van der Waals surface area contributed by atoms with Gasteiger partial charge in [0.1, 0.15) is 5.82 Å². The van der Waals surface area contributed by atoms with E-state index in [2.05, 4.69) is 22.6 Å². The van der Waals surface area contributed by atoms with Gasteiger partial charge in [0, 0.05) is 16.2 Å². The minimum absolute atomic E-state index is 0.173. The lowest BCUT2D eigenvalue weighted by atomic mass is 10.0. The van der Waals surface area contributed by atoms with Gasteiger partial charge in [0.25, 0.3) is 5.91 Å². The summed E-state index contributed by atoms with van der Waals surface area (Å²) in [5, 5.41) is 0. The van der Waals surface area contributed by atoms with Crippen LogP contribution >= 0.6 is 22.6 Å².